The fraction of sp³-hybridized carbons (Fsp3) is 0.909. The zero-order valence-corrected chi connectivity index (χ0v) is 9.67. The summed E-state index contributed by atoms with van der Waals surface area (Å²) in [5.74, 6) is 0.251. The SMILES string of the molecule is CC(CCO)CCOC(=O)C(C)(C)C. The summed E-state index contributed by atoms with van der Waals surface area (Å²) in [6.07, 6.45) is 1.59. The normalized spacial score (nSPS) is 13.8. The summed E-state index contributed by atoms with van der Waals surface area (Å²) in [5.41, 5.74) is -0.416. The second kappa shape index (κ2) is 6.02. The van der Waals surface area contributed by atoms with Gasteiger partial charge < -0.3 is 9.84 Å². The standard InChI is InChI=1S/C11H22O3/c1-9(5-7-12)6-8-14-10(13)11(2,3)4/h9,12H,5-8H2,1-4H3. The van der Waals surface area contributed by atoms with Crippen LogP contribution in [0.5, 0.6) is 0 Å². The Bertz CT molecular complexity index is 170. The van der Waals surface area contributed by atoms with Gasteiger partial charge in [0.05, 0.1) is 12.0 Å². The Morgan fingerprint density at radius 2 is 1.93 bits per heavy atom. The van der Waals surface area contributed by atoms with Gasteiger partial charge in [0.2, 0.25) is 0 Å². The number of hydrogen-bond acceptors (Lipinski definition) is 3. The van der Waals surface area contributed by atoms with Crippen molar-refractivity contribution >= 4 is 5.97 Å². The van der Waals surface area contributed by atoms with Crippen molar-refractivity contribution < 1.29 is 14.6 Å². The van der Waals surface area contributed by atoms with E-state index in [0.717, 1.165) is 12.8 Å². The van der Waals surface area contributed by atoms with Crippen molar-refractivity contribution in [2.75, 3.05) is 13.2 Å². The highest BCUT2D eigenvalue weighted by Gasteiger charge is 2.22. The summed E-state index contributed by atoms with van der Waals surface area (Å²) < 4.78 is 5.10. The van der Waals surface area contributed by atoms with Crippen molar-refractivity contribution in [3.63, 3.8) is 0 Å². The Labute approximate surface area is 86.5 Å². The fourth-order valence-corrected chi connectivity index (χ4v) is 0.934. The van der Waals surface area contributed by atoms with Gasteiger partial charge in [-0.05, 0) is 39.5 Å². The lowest BCUT2D eigenvalue weighted by atomic mass is 9.97. The molecule has 0 aliphatic rings. The van der Waals surface area contributed by atoms with Gasteiger partial charge in [0, 0.05) is 6.61 Å². The minimum atomic E-state index is -0.416. The van der Waals surface area contributed by atoms with Gasteiger partial charge in [-0.2, -0.15) is 0 Å². The van der Waals surface area contributed by atoms with Gasteiger partial charge in [0.1, 0.15) is 0 Å². The van der Waals surface area contributed by atoms with E-state index in [9.17, 15) is 4.79 Å². The minimum Gasteiger partial charge on any atom is -0.465 e. The molecular weight excluding hydrogens is 180 g/mol. The molecule has 0 saturated heterocycles. The zero-order chi connectivity index (χ0) is 11.2. The molecule has 1 unspecified atom stereocenters. The molecule has 0 heterocycles. The number of carbonyl (C=O) groups is 1. The average molecular weight is 202 g/mol. The highest BCUT2D eigenvalue weighted by molar-refractivity contribution is 5.75. The molecule has 0 radical (unpaired) electrons. The molecule has 0 aromatic heterocycles. The molecule has 0 amide bonds. The van der Waals surface area contributed by atoms with Gasteiger partial charge >= 0.3 is 5.97 Å². The van der Waals surface area contributed by atoms with Crippen LogP contribution in [-0.2, 0) is 9.53 Å². The summed E-state index contributed by atoms with van der Waals surface area (Å²) in [7, 11) is 0. The van der Waals surface area contributed by atoms with Crippen molar-refractivity contribution in [3.8, 4) is 0 Å². The van der Waals surface area contributed by atoms with Crippen LogP contribution >= 0.6 is 0 Å². The first-order chi connectivity index (χ1) is 6.38. The summed E-state index contributed by atoms with van der Waals surface area (Å²) in [6, 6.07) is 0. The van der Waals surface area contributed by atoms with Gasteiger partial charge in [0.25, 0.3) is 0 Å². The summed E-state index contributed by atoms with van der Waals surface area (Å²) in [5, 5.41) is 8.67. The molecule has 0 spiro atoms. The van der Waals surface area contributed by atoms with Crippen molar-refractivity contribution in [1.29, 1.82) is 0 Å². The first-order valence-corrected chi connectivity index (χ1v) is 5.16. The third-order valence-corrected chi connectivity index (χ3v) is 2.08. The minimum absolute atomic E-state index is 0.159. The molecule has 0 aliphatic heterocycles. The predicted octanol–water partition coefficient (Wildman–Crippen LogP) is 1.98. The van der Waals surface area contributed by atoms with Crippen molar-refractivity contribution in [3.05, 3.63) is 0 Å². The highest BCUT2D eigenvalue weighted by Crippen LogP contribution is 2.16. The van der Waals surface area contributed by atoms with E-state index in [1.165, 1.54) is 0 Å². The van der Waals surface area contributed by atoms with E-state index in [1.54, 1.807) is 0 Å². The van der Waals surface area contributed by atoms with E-state index in [2.05, 4.69) is 0 Å². The number of esters is 1. The molecule has 0 rings (SSSR count). The van der Waals surface area contributed by atoms with E-state index in [0.29, 0.717) is 12.5 Å². The first-order valence-electron chi connectivity index (χ1n) is 5.16. The smallest absolute Gasteiger partial charge is 0.311 e. The molecule has 14 heavy (non-hydrogen) atoms. The molecular formula is C11H22O3. The number of ether oxygens (including phenoxy) is 1. The third-order valence-electron chi connectivity index (χ3n) is 2.08. The lowest BCUT2D eigenvalue weighted by molar-refractivity contribution is -0.153. The Morgan fingerprint density at radius 3 is 2.36 bits per heavy atom. The number of carbonyl (C=O) groups excluding carboxylic acids is 1. The average Bonchev–Trinajstić information content (AvgIpc) is 2.02. The molecule has 1 atom stereocenters. The summed E-state index contributed by atoms with van der Waals surface area (Å²) in [4.78, 5) is 11.3. The maximum Gasteiger partial charge on any atom is 0.311 e. The molecule has 0 aliphatic carbocycles. The zero-order valence-electron chi connectivity index (χ0n) is 9.67. The Kier molecular flexibility index (Phi) is 5.77. The molecule has 0 saturated carbocycles. The van der Waals surface area contributed by atoms with E-state index in [-0.39, 0.29) is 12.6 Å². The van der Waals surface area contributed by atoms with Crippen LogP contribution in [-0.4, -0.2) is 24.3 Å². The van der Waals surface area contributed by atoms with Gasteiger partial charge in [-0.1, -0.05) is 6.92 Å². The maximum absolute atomic E-state index is 11.3. The van der Waals surface area contributed by atoms with E-state index in [1.807, 2.05) is 27.7 Å². The number of rotatable bonds is 5. The Morgan fingerprint density at radius 1 is 1.36 bits per heavy atom. The van der Waals surface area contributed by atoms with Crippen LogP contribution in [0.2, 0.25) is 0 Å². The van der Waals surface area contributed by atoms with Crippen LogP contribution in [0, 0.1) is 11.3 Å². The van der Waals surface area contributed by atoms with Crippen LogP contribution in [0.1, 0.15) is 40.5 Å². The van der Waals surface area contributed by atoms with Gasteiger partial charge in [-0.3, -0.25) is 4.79 Å². The lowest BCUT2D eigenvalue weighted by Crippen LogP contribution is -2.23. The summed E-state index contributed by atoms with van der Waals surface area (Å²) >= 11 is 0. The van der Waals surface area contributed by atoms with E-state index in [4.69, 9.17) is 9.84 Å². The maximum atomic E-state index is 11.3. The molecule has 3 nitrogen and oxygen atoms in total. The Balaban J connectivity index is 3.59. The third kappa shape index (κ3) is 5.97. The van der Waals surface area contributed by atoms with E-state index < -0.39 is 5.41 Å². The number of hydrogen-bond donors (Lipinski definition) is 1. The molecule has 84 valence electrons. The summed E-state index contributed by atoms with van der Waals surface area (Å²) in [6.45, 7) is 8.22. The predicted molar refractivity (Wildman–Crippen MR) is 55.9 cm³/mol. The monoisotopic (exact) mass is 202 g/mol. The topological polar surface area (TPSA) is 46.5 Å². The van der Waals surface area contributed by atoms with Crippen LogP contribution in [0.3, 0.4) is 0 Å². The molecule has 3 heteroatoms. The first kappa shape index (κ1) is 13.4. The van der Waals surface area contributed by atoms with Crippen molar-refractivity contribution in [1.82, 2.24) is 0 Å². The van der Waals surface area contributed by atoms with Crippen LogP contribution in [0.15, 0.2) is 0 Å². The van der Waals surface area contributed by atoms with Gasteiger partial charge in [-0.15, -0.1) is 0 Å². The van der Waals surface area contributed by atoms with Crippen molar-refractivity contribution in [2.45, 2.75) is 40.5 Å². The van der Waals surface area contributed by atoms with Gasteiger partial charge in [0.15, 0.2) is 0 Å². The molecule has 0 bridgehead atoms. The number of aliphatic hydroxyl groups is 1. The molecule has 1 N–H and O–H groups in total. The molecule has 0 fully saturated rings. The van der Waals surface area contributed by atoms with E-state index >= 15 is 0 Å². The second-order valence-corrected chi connectivity index (χ2v) is 4.79. The van der Waals surface area contributed by atoms with Crippen LogP contribution < -0.4 is 0 Å². The molecule has 0 aromatic rings. The second-order valence-electron chi connectivity index (χ2n) is 4.79. The van der Waals surface area contributed by atoms with Crippen LogP contribution in [0.25, 0.3) is 0 Å². The number of aliphatic hydroxyl groups excluding tert-OH is 1. The fourth-order valence-electron chi connectivity index (χ4n) is 0.934. The van der Waals surface area contributed by atoms with Gasteiger partial charge in [-0.25, -0.2) is 0 Å². The largest absolute Gasteiger partial charge is 0.465 e. The van der Waals surface area contributed by atoms with Crippen molar-refractivity contribution in [2.24, 2.45) is 11.3 Å². The quantitative estimate of drug-likeness (QED) is 0.693. The Hall–Kier alpha value is -0.570. The lowest BCUT2D eigenvalue weighted by Gasteiger charge is -2.17. The molecule has 0 aromatic carbocycles. The van der Waals surface area contributed by atoms with Crippen LogP contribution in [0.4, 0.5) is 0 Å². The highest BCUT2D eigenvalue weighted by atomic mass is 16.5.